The molecule has 9 heteroatoms. The van der Waals surface area contributed by atoms with Gasteiger partial charge in [0.05, 0.1) is 18.1 Å². The van der Waals surface area contributed by atoms with Gasteiger partial charge < -0.3 is 14.6 Å². The zero-order valence-corrected chi connectivity index (χ0v) is 15.4. The van der Waals surface area contributed by atoms with Crippen molar-refractivity contribution < 1.29 is 27.8 Å². The lowest BCUT2D eigenvalue weighted by atomic mass is 10.2. The third-order valence-electron chi connectivity index (χ3n) is 4.73. The van der Waals surface area contributed by atoms with E-state index < -0.39 is 22.0 Å². The Bertz CT molecular complexity index is 715. The van der Waals surface area contributed by atoms with E-state index in [1.54, 1.807) is 12.1 Å². The van der Waals surface area contributed by atoms with Crippen molar-refractivity contribution in [3.63, 3.8) is 0 Å². The smallest absolute Gasteiger partial charge is 0.320 e. The molecule has 2 aliphatic rings. The van der Waals surface area contributed by atoms with Gasteiger partial charge in [0.2, 0.25) is 10.0 Å². The Hall–Kier alpha value is -1.68. The van der Waals surface area contributed by atoms with Crippen molar-refractivity contribution in [1.29, 1.82) is 0 Å². The van der Waals surface area contributed by atoms with Crippen LogP contribution in [0.15, 0.2) is 29.2 Å². The fourth-order valence-electron chi connectivity index (χ4n) is 3.30. The average molecular weight is 384 g/mol. The molecule has 1 atom stereocenters. The van der Waals surface area contributed by atoms with Crippen LogP contribution in [0, 0.1) is 0 Å². The molecule has 144 valence electrons. The van der Waals surface area contributed by atoms with Crippen molar-refractivity contribution in [2.24, 2.45) is 0 Å². The first-order chi connectivity index (χ1) is 12.5. The molecule has 0 bridgehead atoms. The van der Waals surface area contributed by atoms with Gasteiger partial charge in [-0.15, -0.1) is 0 Å². The maximum absolute atomic E-state index is 12.6. The van der Waals surface area contributed by atoms with E-state index in [4.69, 9.17) is 14.6 Å². The maximum atomic E-state index is 12.6. The highest BCUT2D eigenvalue weighted by Crippen LogP contribution is 2.21. The van der Waals surface area contributed by atoms with Gasteiger partial charge in [0, 0.05) is 19.6 Å². The van der Waals surface area contributed by atoms with E-state index >= 15 is 0 Å². The van der Waals surface area contributed by atoms with Crippen LogP contribution in [0.3, 0.4) is 0 Å². The summed E-state index contributed by atoms with van der Waals surface area (Å²) in [7, 11) is -3.50. The minimum Gasteiger partial charge on any atom is -0.492 e. The number of morpholine rings is 1. The first-order valence-electron chi connectivity index (χ1n) is 8.76. The van der Waals surface area contributed by atoms with Gasteiger partial charge in [0.15, 0.2) is 0 Å². The van der Waals surface area contributed by atoms with Crippen LogP contribution in [0.5, 0.6) is 5.75 Å². The monoisotopic (exact) mass is 384 g/mol. The van der Waals surface area contributed by atoms with Gasteiger partial charge in [-0.3, -0.25) is 9.69 Å². The van der Waals surface area contributed by atoms with Crippen LogP contribution in [-0.4, -0.2) is 80.7 Å². The van der Waals surface area contributed by atoms with Crippen molar-refractivity contribution in [3.8, 4) is 5.75 Å². The summed E-state index contributed by atoms with van der Waals surface area (Å²) < 4.78 is 37.4. The van der Waals surface area contributed by atoms with Gasteiger partial charge in [-0.2, -0.15) is 4.31 Å². The van der Waals surface area contributed by atoms with Crippen molar-refractivity contribution in [3.05, 3.63) is 24.3 Å². The molecule has 0 spiro atoms. The molecule has 0 unspecified atom stereocenters. The zero-order valence-electron chi connectivity index (χ0n) is 14.5. The molecular weight excluding hydrogens is 360 g/mol. The number of nitrogens with zero attached hydrogens (tertiary/aromatic N) is 2. The molecule has 26 heavy (non-hydrogen) atoms. The van der Waals surface area contributed by atoms with Crippen LogP contribution < -0.4 is 4.74 Å². The fourth-order valence-corrected chi connectivity index (χ4v) is 4.71. The summed E-state index contributed by atoms with van der Waals surface area (Å²) in [6.07, 6.45) is 1.55. The molecule has 0 radical (unpaired) electrons. The lowest BCUT2D eigenvalue weighted by molar-refractivity contribution is -0.142. The van der Waals surface area contributed by atoms with E-state index in [1.807, 2.05) is 4.90 Å². The average Bonchev–Trinajstić information content (AvgIpc) is 3.12. The van der Waals surface area contributed by atoms with Crippen LogP contribution >= 0.6 is 0 Å². The van der Waals surface area contributed by atoms with Gasteiger partial charge in [-0.05, 0) is 43.7 Å². The second kappa shape index (κ2) is 8.34. The molecule has 2 saturated heterocycles. The Kier molecular flexibility index (Phi) is 6.13. The molecule has 0 amide bonds. The van der Waals surface area contributed by atoms with Crippen molar-refractivity contribution >= 4 is 16.0 Å². The Morgan fingerprint density at radius 3 is 2.54 bits per heavy atom. The van der Waals surface area contributed by atoms with E-state index in [0.717, 1.165) is 13.0 Å². The highest BCUT2D eigenvalue weighted by atomic mass is 32.2. The summed E-state index contributed by atoms with van der Waals surface area (Å²) in [5, 5.41) is 9.16. The summed E-state index contributed by atoms with van der Waals surface area (Å²) >= 11 is 0. The third-order valence-corrected chi connectivity index (χ3v) is 6.64. The Morgan fingerprint density at radius 1 is 1.19 bits per heavy atom. The molecule has 1 aromatic carbocycles. The minimum absolute atomic E-state index is 0.234. The third kappa shape index (κ3) is 4.35. The van der Waals surface area contributed by atoms with Crippen molar-refractivity contribution in [2.75, 3.05) is 46.0 Å². The quantitative estimate of drug-likeness (QED) is 0.737. The first-order valence-corrected chi connectivity index (χ1v) is 10.2. The number of sulfonamides is 1. The molecule has 2 heterocycles. The number of carbonyl (C=O) groups is 1. The predicted molar refractivity (Wildman–Crippen MR) is 93.7 cm³/mol. The number of hydrogen-bond acceptors (Lipinski definition) is 6. The standard InChI is InChI=1S/C17H24N2O6S/c20-17(21)16-2-1-7-18(16)8-13-25-14-3-5-15(6-4-14)26(22,23)19-9-11-24-12-10-19/h3-6,16H,1-2,7-13H2,(H,20,21)/t16-/m0/s1. The highest BCUT2D eigenvalue weighted by Gasteiger charge is 2.30. The maximum Gasteiger partial charge on any atom is 0.320 e. The molecule has 1 N–H and O–H groups in total. The van der Waals surface area contributed by atoms with Crippen LogP contribution in [0.1, 0.15) is 12.8 Å². The normalized spacial score (nSPS) is 22.4. The molecule has 0 aliphatic carbocycles. The molecule has 2 fully saturated rings. The van der Waals surface area contributed by atoms with Gasteiger partial charge in [-0.25, -0.2) is 8.42 Å². The SMILES string of the molecule is O=C(O)[C@@H]1CCCN1CCOc1ccc(S(=O)(=O)N2CCOCC2)cc1. The summed E-state index contributed by atoms with van der Waals surface area (Å²) in [6, 6.07) is 5.91. The van der Waals surface area contributed by atoms with Crippen LogP contribution in [0.4, 0.5) is 0 Å². The second-order valence-electron chi connectivity index (χ2n) is 6.37. The molecule has 0 saturated carbocycles. The van der Waals surface area contributed by atoms with E-state index in [0.29, 0.717) is 51.6 Å². The number of rotatable bonds is 7. The summed E-state index contributed by atoms with van der Waals surface area (Å²) in [6.45, 7) is 3.20. The molecule has 2 aliphatic heterocycles. The number of likely N-dealkylation sites (tertiary alicyclic amines) is 1. The molecule has 0 aromatic heterocycles. The molecule has 1 aromatic rings. The number of ether oxygens (including phenoxy) is 2. The van der Waals surface area contributed by atoms with Crippen molar-refractivity contribution in [1.82, 2.24) is 9.21 Å². The van der Waals surface area contributed by atoms with Crippen molar-refractivity contribution in [2.45, 2.75) is 23.8 Å². The Morgan fingerprint density at radius 2 is 1.88 bits per heavy atom. The Labute approximate surface area is 153 Å². The number of hydrogen-bond donors (Lipinski definition) is 1. The summed E-state index contributed by atoms with van der Waals surface area (Å²) in [4.78, 5) is 13.3. The molecule has 8 nitrogen and oxygen atoms in total. The van der Waals surface area contributed by atoms with E-state index in [2.05, 4.69) is 0 Å². The van der Waals surface area contributed by atoms with E-state index in [1.165, 1.54) is 16.4 Å². The highest BCUT2D eigenvalue weighted by molar-refractivity contribution is 7.89. The second-order valence-corrected chi connectivity index (χ2v) is 8.31. The topological polar surface area (TPSA) is 96.4 Å². The number of aliphatic carboxylic acids is 1. The molecular formula is C17H24N2O6S. The summed E-state index contributed by atoms with van der Waals surface area (Å²) in [5.41, 5.74) is 0. The Balaban J connectivity index is 1.54. The van der Waals surface area contributed by atoms with E-state index in [9.17, 15) is 13.2 Å². The van der Waals surface area contributed by atoms with Gasteiger partial charge >= 0.3 is 5.97 Å². The predicted octanol–water partition coefficient (Wildman–Crippen LogP) is 0.635. The lowest BCUT2D eigenvalue weighted by Crippen LogP contribution is -2.40. The van der Waals surface area contributed by atoms with Gasteiger partial charge in [0.1, 0.15) is 18.4 Å². The minimum atomic E-state index is -3.50. The number of carboxylic acid groups (broad SMARTS) is 1. The number of carboxylic acids is 1. The lowest BCUT2D eigenvalue weighted by Gasteiger charge is -2.26. The van der Waals surface area contributed by atoms with Crippen LogP contribution in [0.25, 0.3) is 0 Å². The zero-order chi connectivity index (χ0) is 18.6. The van der Waals surface area contributed by atoms with Gasteiger partial charge in [0.25, 0.3) is 0 Å². The first kappa shape index (κ1) is 19.1. The summed E-state index contributed by atoms with van der Waals surface area (Å²) in [5.74, 6) is -0.225. The number of benzene rings is 1. The van der Waals surface area contributed by atoms with Crippen LogP contribution in [-0.2, 0) is 19.6 Å². The largest absolute Gasteiger partial charge is 0.492 e. The van der Waals surface area contributed by atoms with Crippen LogP contribution in [0.2, 0.25) is 0 Å². The fraction of sp³-hybridized carbons (Fsp3) is 0.588. The van der Waals surface area contributed by atoms with E-state index in [-0.39, 0.29) is 4.90 Å². The molecule has 3 rings (SSSR count). The van der Waals surface area contributed by atoms with Gasteiger partial charge in [-0.1, -0.05) is 0 Å².